The number of aromatic nitrogens is 2. The van der Waals surface area contributed by atoms with Crippen LogP contribution >= 0.6 is 0 Å². The molecule has 126 valence electrons. The van der Waals surface area contributed by atoms with Crippen LogP contribution in [0.15, 0.2) is 44.3 Å². The van der Waals surface area contributed by atoms with E-state index in [0.29, 0.717) is 17.9 Å². The van der Waals surface area contributed by atoms with Crippen LogP contribution in [0.25, 0.3) is 11.7 Å². The first kappa shape index (κ1) is 16.2. The summed E-state index contributed by atoms with van der Waals surface area (Å²) < 4.78 is 51.1. The Labute approximate surface area is 137 Å². The van der Waals surface area contributed by atoms with Crippen molar-refractivity contribution in [3.8, 4) is 11.7 Å². The van der Waals surface area contributed by atoms with Gasteiger partial charge in [0, 0.05) is 6.42 Å². The molecule has 0 spiro atoms. The molecule has 0 bridgehead atoms. The van der Waals surface area contributed by atoms with E-state index in [1.807, 2.05) is 6.92 Å². The highest BCUT2D eigenvalue weighted by molar-refractivity contribution is 7.92. The minimum absolute atomic E-state index is 0.0785. The topological polar surface area (TPSA) is 98.2 Å². The molecule has 2 aromatic heterocycles. The van der Waals surface area contributed by atoms with Crippen LogP contribution < -0.4 is 4.72 Å². The Morgan fingerprint density at radius 1 is 1.17 bits per heavy atom. The molecule has 0 unspecified atom stereocenters. The van der Waals surface area contributed by atoms with Gasteiger partial charge < -0.3 is 8.83 Å². The van der Waals surface area contributed by atoms with Crippen LogP contribution in [0.1, 0.15) is 18.4 Å². The fraction of sp³-hybridized carbons (Fsp3) is 0.200. The van der Waals surface area contributed by atoms with Gasteiger partial charge in [-0.1, -0.05) is 13.0 Å². The Balaban J connectivity index is 1.87. The van der Waals surface area contributed by atoms with Crippen molar-refractivity contribution in [3.05, 3.63) is 47.6 Å². The quantitative estimate of drug-likeness (QED) is 0.758. The van der Waals surface area contributed by atoms with E-state index in [4.69, 9.17) is 8.83 Å². The number of hydrogen-bond donors (Lipinski definition) is 1. The van der Waals surface area contributed by atoms with Crippen molar-refractivity contribution in [1.29, 1.82) is 0 Å². The third-order valence-electron chi connectivity index (χ3n) is 3.20. The molecule has 0 aliphatic heterocycles. The molecule has 24 heavy (non-hydrogen) atoms. The van der Waals surface area contributed by atoms with Crippen LogP contribution in [0.3, 0.4) is 0 Å². The lowest BCUT2D eigenvalue weighted by Gasteiger charge is -2.07. The zero-order valence-corrected chi connectivity index (χ0v) is 13.7. The first-order valence-corrected chi connectivity index (χ1v) is 8.59. The minimum atomic E-state index is -4.08. The van der Waals surface area contributed by atoms with Gasteiger partial charge in [-0.3, -0.25) is 4.72 Å². The summed E-state index contributed by atoms with van der Waals surface area (Å²) in [7, 11) is -4.08. The van der Waals surface area contributed by atoms with Crippen LogP contribution in [-0.2, 0) is 16.4 Å². The maximum absolute atomic E-state index is 13.8. The molecule has 0 radical (unpaired) electrons. The van der Waals surface area contributed by atoms with Gasteiger partial charge in [-0.15, -0.1) is 10.2 Å². The lowest BCUT2D eigenvalue weighted by molar-refractivity contribution is 0.436. The number of benzene rings is 1. The minimum Gasteiger partial charge on any atom is -0.438 e. The van der Waals surface area contributed by atoms with E-state index in [0.717, 1.165) is 0 Å². The van der Waals surface area contributed by atoms with E-state index in [1.54, 1.807) is 13.0 Å². The van der Waals surface area contributed by atoms with Gasteiger partial charge in [0.25, 0.3) is 15.9 Å². The monoisotopic (exact) mass is 351 g/mol. The predicted molar refractivity (Wildman–Crippen MR) is 83.3 cm³/mol. The number of furan rings is 1. The van der Waals surface area contributed by atoms with Crippen molar-refractivity contribution in [3.63, 3.8) is 0 Å². The zero-order chi connectivity index (χ0) is 17.3. The third kappa shape index (κ3) is 3.16. The summed E-state index contributed by atoms with van der Waals surface area (Å²) in [5.74, 6) is -0.0673. The second-order valence-electron chi connectivity index (χ2n) is 5.06. The van der Waals surface area contributed by atoms with Crippen molar-refractivity contribution >= 4 is 15.7 Å². The number of rotatable bonds is 5. The van der Waals surface area contributed by atoms with Crippen LogP contribution in [0.5, 0.6) is 0 Å². The third-order valence-corrected chi connectivity index (χ3v) is 4.43. The van der Waals surface area contributed by atoms with Crippen molar-refractivity contribution < 1.29 is 21.6 Å². The largest absolute Gasteiger partial charge is 0.438 e. The molecule has 0 aliphatic rings. The number of aryl methyl sites for hydroxylation is 2. The molecular weight excluding hydrogens is 337 g/mol. The number of halogens is 1. The first-order chi connectivity index (χ1) is 11.4. The highest BCUT2D eigenvalue weighted by Crippen LogP contribution is 2.26. The predicted octanol–water partition coefficient (Wildman–Crippen LogP) is 3.14. The Bertz CT molecular complexity index is 978. The molecule has 9 heteroatoms. The van der Waals surface area contributed by atoms with Gasteiger partial charge in [-0.25, -0.2) is 4.39 Å². The molecule has 7 nitrogen and oxygen atoms in total. The van der Waals surface area contributed by atoms with Crippen LogP contribution in [0, 0.1) is 12.7 Å². The molecule has 1 aromatic carbocycles. The van der Waals surface area contributed by atoms with Crippen molar-refractivity contribution in [2.75, 3.05) is 4.72 Å². The van der Waals surface area contributed by atoms with E-state index in [9.17, 15) is 12.8 Å². The van der Waals surface area contributed by atoms with E-state index >= 15 is 0 Å². The number of hydrogen-bond acceptors (Lipinski definition) is 6. The fourth-order valence-electron chi connectivity index (χ4n) is 1.97. The summed E-state index contributed by atoms with van der Waals surface area (Å²) in [6.07, 6.45) is 0.549. The highest BCUT2D eigenvalue weighted by Gasteiger charge is 2.22. The van der Waals surface area contributed by atoms with Gasteiger partial charge in [0.15, 0.2) is 5.76 Å². The van der Waals surface area contributed by atoms with E-state index in [2.05, 4.69) is 14.9 Å². The molecule has 0 atom stereocenters. The summed E-state index contributed by atoms with van der Waals surface area (Å²) in [6.45, 7) is 3.55. The Kier molecular flexibility index (Phi) is 4.10. The lowest BCUT2D eigenvalue weighted by atomic mass is 10.2. The second-order valence-corrected chi connectivity index (χ2v) is 6.68. The molecule has 1 N–H and O–H groups in total. The molecule has 2 heterocycles. The number of anilines is 1. The first-order valence-electron chi connectivity index (χ1n) is 7.10. The van der Waals surface area contributed by atoms with Crippen LogP contribution in [0.2, 0.25) is 0 Å². The van der Waals surface area contributed by atoms with Crippen molar-refractivity contribution in [2.45, 2.75) is 25.4 Å². The standard InChI is InChI=1S/C15H14FN3O4S/c1-3-13-17-18-15(23-13)12-6-7-14(22-12)24(20,21)19-11-5-4-9(2)8-10(11)16/h4-8,19H,3H2,1-2H3. The second kappa shape index (κ2) is 6.08. The Hall–Kier alpha value is -2.68. The Morgan fingerprint density at radius 3 is 2.62 bits per heavy atom. The molecule has 3 aromatic rings. The van der Waals surface area contributed by atoms with Gasteiger partial charge in [-0.2, -0.15) is 8.42 Å². The van der Waals surface area contributed by atoms with Gasteiger partial charge in [0.2, 0.25) is 11.0 Å². The molecule has 0 saturated heterocycles. The average Bonchev–Trinajstić information content (AvgIpc) is 3.18. The number of nitrogens with one attached hydrogen (secondary N) is 1. The Morgan fingerprint density at radius 2 is 1.96 bits per heavy atom. The fourth-order valence-corrected chi connectivity index (χ4v) is 2.98. The van der Waals surface area contributed by atoms with Gasteiger partial charge in [0.1, 0.15) is 5.82 Å². The number of sulfonamides is 1. The summed E-state index contributed by atoms with van der Waals surface area (Å²) in [5, 5.41) is 7.17. The van der Waals surface area contributed by atoms with E-state index < -0.39 is 15.8 Å². The van der Waals surface area contributed by atoms with Crippen LogP contribution in [-0.4, -0.2) is 18.6 Å². The summed E-state index contributed by atoms with van der Waals surface area (Å²) in [6, 6.07) is 6.81. The molecule has 0 aliphatic carbocycles. The van der Waals surface area contributed by atoms with Gasteiger partial charge in [-0.05, 0) is 36.8 Å². The van der Waals surface area contributed by atoms with Crippen molar-refractivity contribution in [2.24, 2.45) is 0 Å². The summed E-state index contributed by atoms with van der Waals surface area (Å²) >= 11 is 0. The number of nitrogens with zero attached hydrogens (tertiary/aromatic N) is 2. The molecular formula is C15H14FN3O4S. The smallest absolute Gasteiger partial charge is 0.295 e. The molecule has 3 rings (SSSR count). The van der Waals surface area contributed by atoms with E-state index in [1.165, 1.54) is 24.3 Å². The zero-order valence-electron chi connectivity index (χ0n) is 12.9. The van der Waals surface area contributed by atoms with Crippen LogP contribution in [0.4, 0.5) is 10.1 Å². The summed E-state index contributed by atoms with van der Waals surface area (Å²) in [4.78, 5) is 0. The van der Waals surface area contributed by atoms with Crippen molar-refractivity contribution in [1.82, 2.24) is 10.2 Å². The molecule has 0 saturated carbocycles. The maximum Gasteiger partial charge on any atom is 0.295 e. The van der Waals surface area contributed by atoms with E-state index in [-0.39, 0.29) is 22.4 Å². The normalized spacial score (nSPS) is 11.6. The maximum atomic E-state index is 13.8. The molecule has 0 fully saturated rings. The SMILES string of the molecule is CCc1nnc(-c2ccc(S(=O)(=O)Nc3ccc(C)cc3F)o2)o1. The highest BCUT2D eigenvalue weighted by atomic mass is 32.2. The lowest BCUT2D eigenvalue weighted by Crippen LogP contribution is -2.13. The average molecular weight is 351 g/mol. The molecule has 0 amide bonds. The summed E-state index contributed by atoms with van der Waals surface area (Å²) in [5.41, 5.74) is 0.517. The van der Waals surface area contributed by atoms with Gasteiger partial charge in [0.05, 0.1) is 5.69 Å². The van der Waals surface area contributed by atoms with Gasteiger partial charge >= 0.3 is 0 Å².